The molecule has 1 aliphatic carbocycles. The third kappa shape index (κ3) is 5.51. The highest BCUT2D eigenvalue weighted by Gasteiger charge is 2.36. The molecule has 0 bridgehead atoms. The molecule has 240 valence electrons. The van der Waals surface area contributed by atoms with Gasteiger partial charge in [0, 0.05) is 47.1 Å². The quantitative estimate of drug-likeness (QED) is 0.202. The first-order valence-electron chi connectivity index (χ1n) is 15.8. The maximum atomic E-state index is 12.9. The van der Waals surface area contributed by atoms with Gasteiger partial charge in [0.2, 0.25) is 5.88 Å². The van der Waals surface area contributed by atoms with Gasteiger partial charge in [-0.25, -0.2) is 14.6 Å². The van der Waals surface area contributed by atoms with Crippen LogP contribution in [0.15, 0.2) is 65.7 Å². The number of rotatable bonds is 7. The summed E-state index contributed by atoms with van der Waals surface area (Å²) in [5, 5.41) is 18.7. The van der Waals surface area contributed by atoms with Gasteiger partial charge in [0.1, 0.15) is 5.82 Å². The molecule has 0 amide bonds. The number of nitrogens with zero attached hydrogens (tertiary/aromatic N) is 5. The molecule has 10 nitrogen and oxygen atoms in total. The van der Waals surface area contributed by atoms with E-state index >= 15 is 0 Å². The summed E-state index contributed by atoms with van der Waals surface area (Å²) in [5.74, 6) is 0.0765. The maximum Gasteiger partial charge on any atom is 0.306 e. The third-order valence-electron chi connectivity index (χ3n) is 9.66. The van der Waals surface area contributed by atoms with Gasteiger partial charge < -0.3 is 15.2 Å². The fraction of sp³-hybridized carbons (Fsp3) is 0.306. The Morgan fingerprint density at radius 1 is 1.06 bits per heavy atom. The summed E-state index contributed by atoms with van der Waals surface area (Å²) in [6.45, 7) is 3.51. The third-order valence-corrected chi connectivity index (χ3v) is 10.1. The number of aliphatic carboxylic acids is 1. The number of pyridine rings is 2. The van der Waals surface area contributed by atoms with Crippen LogP contribution in [0.4, 0.5) is 11.5 Å². The van der Waals surface area contributed by atoms with Crippen LogP contribution in [0.5, 0.6) is 5.88 Å². The number of carbonyl (C=O) groups is 1. The van der Waals surface area contributed by atoms with Crippen LogP contribution < -0.4 is 15.6 Å². The molecule has 0 spiro atoms. The Morgan fingerprint density at radius 3 is 2.57 bits per heavy atom. The van der Waals surface area contributed by atoms with Crippen LogP contribution in [-0.4, -0.2) is 55.9 Å². The zero-order valence-corrected chi connectivity index (χ0v) is 27.2. The van der Waals surface area contributed by atoms with Gasteiger partial charge in [-0.15, -0.1) is 0 Å². The maximum absolute atomic E-state index is 12.9. The topological polar surface area (TPSA) is 122 Å². The van der Waals surface area contributed by atoms with E-state index < -0.39 is 5.97 Å². The Hall–Kier alpha value is -4.80. The average Bonchev–Trinajstić information content (AvgIpc) is 3.51. The van der Waals surface area contributed by atoms with E-state index in [1.807, 2.05) is 43.3 Å². The Bertz CT molecular complexity index is 2090. The van der Waals surface area contributed by atoms with Crippen molar-refractivity contribution in [3.8, 4) is 28.3 Å². The summed E-state index contributed by atoms with van der Waals surface area (Å²) in [5.41, 5.74) is 7.16. The number of halogens is 1. The summed E-state index contributed by atoms with van der Waals surface area (Å²) in [7, 11) is 3.27. The van der Waals surface area contributed by atoms with E-state index in [1.54, 1.807) is 32.6 Å². The van der Waals surface area contributed by atoms with Gasteiger partial charge in [-0.05, 0) is 80.6 Å². The lowest BCUT2D eigenvalue weighted by atomic mass is 9.94. The summed E-state index contributed by atoms with van der Waals surface area (Å²) in [4.78, 5) is 36.3. The normalized spacial score (nSPS) is 16.7. The van der Waals surface area contributed by atoms with Crippen molar-refractivity contribution in [1.29, 1.82) is 0 Å². The van der Waals surface area contributed by atoms with Crippen LogP contribution in [0.1, 0.15) is 42.0 Å². The molecule has 0 unspecified atom stereocenters. The van der Waals surface area contributed by atoms with Gasteiger partial charge in [0.05, 0.1) is 35.3 Å². The Morgan fingerprint density at radius 2 is 1.81 bits per heavy atom. The Kier molecular flexibility index (Phi) is 8.15. The highest BCUT2D eigenvalue weighted by Crippen LogP contribution is 2.45. The molecule has 3 aromatic heterocycles. The van der Waals surface area contributed by atoms with Gasteiger partial charge in [0.25, 0.3) is 5.56 Å². The van der Waals surface area contributed by atoms with E-state index in [-0.39, 0.29) is 17.5 Å². The largest absolute Gasteiger partial charge is 0.481 e. The van der Waals surface area contributed by atoms with Crippen molar-refractivity contribution in [3.63, 3.8) is 0 Å². The van der Waals surface area contributed by atoms with Crippen molar-refractivity contribution in [1.82, 2.24) is 24.6 Å². The summed E-state index contributed by atoms with van der Waals surface area (Å²) in [6.07, 6.45) is 6.45. The Balaban J connectivity index is 1.22. The number of carboxylic acid groups (broad SMARTS) is 1. The number of ether oxygens (including phenoxy) is 1. The number of hydrogen-bond acceptors (Lipinski definition) is 8. The summed E-state index contributed by atoms with van der Waals surface area (Å²) < 4.78 is 7.18. The summed E-state index contributed by atoms with van der Waals surface area (Å²) >= 11 is 7.19. The standard InChI is InChI=1S/C36H35ClN6O4/c1-20-24(6-5-9-27(20)40-33-31-23(12-15-38-33)19-39-42(2)35(31)44)25-7-4-8-26(32(25)37)28-18-22-10-11-29(30(22)34(41-28)47-3)43-16-13-21(14-17-43)36(45)46/h4-9,12,15,18-19,21,29H,10-11,13-14,16-17H2,1-3H3,(H,38,40)(H,45,46)/t29-/m0/s1. The first-order chi connectivity index (χ1) is 22.7. The molecule has 0 saturated carbocycles. The second kappa shape index (κ2) is 12.4. The lowest BCUT2D eigenvalue weighted by molar-refractivity contribution is -0.143. The number of hydrogen-bond donors (Lipinski definition) is 2. The van der Waals surface area contributed by atoms with Crippen LogP contribution >= 0.6 is 11.6 Å². The van der Waals surface area contributed by atoms with Crippen LogP contribution in [-0.2, 0) is 18.3 Å². The highest BCUT2D eigenvalue weighted by atomic mass is 35.5. The number of anilines is 2. The second-order valence-electron chi connectivity index (χ2n) is 12.3. The first kappa shape index (κ1) is 30.8. The predicted octanol–water partition coefficient (Wildman–Crippen LogP) is 6.56. The number of fused-ring (bicyclic) bond motifs is 2. The van der Waals surface area contributed by atoms with Crippen LogP contribution in [0.25, 0.3) is 33.2 Å². The molecule has 1 atom stereocenters. The van der Waals surface area contributed by atoms with E-state index in [0.29, 0.717) is 40.3 Å². The SMILES string of the molecule is COc1nc(-c2cccc(-c3cccc(Nc4nccc5cnn(C)c(=O)c45)c3C)c2Cl)cc2c1[C@@H](N1CCC(C(=O)O)CC1)CC2. The van der Waals surface area contributed by atoms with Crippen molar-refractivity contribution in [2.45, 2.75) is 38.6 Å². The average molecular weight is 651 g/mol. The van der Waals surface area contributed by atoms with Crippen molar-refractivity contribution in [3.05, 3.63) is 93.0 Å². The van der Waals surface area contributed by atoms with Crippen molar-refractivity contribution < 1.29 is 14.6 Å². The predicted molar refractivity (Wildman–Crippen MR) is 182 cm³/mol. The van der Waals surface area contributed by atoms with Gasteiger partial charge in [-0.1, -0.05) is 41.9 Å². The number of carboxylic acids is 1. The molecule has 47 heavy (non-hydrogen) atoms. The fourth-order valence-electron chi connectivity index (χ4n) is 7.09. The van der Waals surface area contributed by atoms with Gasteiger partial charge in [0.15, 0.2) is 0 Å². The van der Waals surface area contributed by atoms with E-state index in [2.05, 4.69) is 26.4 Å². The van der Waals surface area contributed by atoms with Crippen molar-refractivity contribution >= 4 is 39.8 Å². The number of likely N-dealkylation sites (tertiary alicyclic amines) is 1. The number of aromatic nitrogens is 4. The molecule has 11 heteroatoms. The molecule has 7 rings (SSSR count). The smallest absolute Gasteiger partial charge is 0.306 e. The molecule has 1 aliphatic heterocycles. The van der Waals surface area contributed by atoms with Crippen molar-refractivity contribution in [2.24, 2.45) is 13.0 Å². The highest BCUT2D eigenvalue weighted by molar-refractivity contribution is 6.36. The number of nitrogens with one attached hydrogen (secondary N) is 1. The molecule has 1 saturated heterocycles. The van der Waals surface area contributed by atoms with E-state index in [9.17, 15) is 14.7 Å². The molecule has 2 aliphatic rings. The Labute approximate surface area is 277 Å². The van der Waals surface area contributed by atoms with E-state index in [4.69, 9.17) is 21.3 Å². The number of methoxy groups -OCH3 is 1. The minimum atomic E-state index is -0.704. The minimum Gasteiger partial charge on any atom is -0.481 e. The lowest BCUT2D eigenvalue weighted by Gasteiger charge is -2.35. The lowest BCUT2D eigenvalue weighted by Crippen LogP contribution is -2.38. The second-order valence-corrected chi connectivity index (χ2v) is 12.6. The van der Waals surface area contributed by atoms with Crippen LogP contribution in [0.2, 0.25) is 5.02 Å². The minimum absolute atomic E-state index is 0.156. The number of benzene rings is 2. The molecule has 2 N–H and O–H groups in total. The molecule has 2 aromatic carbocycles. The summed E-state index contributed by atoms with van der Waals surface area (Å²) in [6, 6.07) is 15.9. The van der Waals surface area contributed by atoms with E-state index in [0.717, 1.165) is 65.1 Å². The molecule has 4 heterocycles. The van der Waals surface area contributed by atoms with E-state index in [1.165, 1.54) is 10.2 Å². The van der Waals surface area contributed by atoms with Crippen LogP contribution in [0.3, 0.4) is 0 Å². The molecular weight excluding hydrogens is 616 g/mol. The molecule has 0 radical (unpaired) electrons. The molecule has 5 aromatic rings. The first-order valence-corrected chi connectivity index (χ1v) is 16.1. The fourth-order valence-corrected chi connectivity index (χ4v) is 7.42. The zero-order valence-electron chi connectivity index (χ0n) is 26.5. The van der Waals surface area contributed by atoms with Gasteiger partial charge in [-0.3, -0.25) is 14.5 Å². The monoisotopic (exact) mass is 650 g/mol. The van der Waals surface area contributed by atoms with Crippen LogP contribution in [0, 0.1) is 12.8 Å². The zero-order chi connectivity index (χ0) is 32.8. The number of piperidine rings is 1. The van der Waals surface area contributed by atoms with Crippen molar-refractivity contribution in [2.75, 3.05) is 25.5 Å². The van der Waals surface area contributed by atoms with Gasteiger partial charge in [-0.2, -0.15) is 5.10 Å². The number of aryl methyl sites for hydroxylation is 2. The molecular formula is C36H35ClN6O4. The molecule has 1 fully saturated rings. The van der Waals surface area contributed by atoms with Gasteiger partial charge >= 0.3 is 5.97 Å².